The van der Waals surface area contributed by atoms with Crippen molar-refractivity contribution in [3.8, 4) is 5.75 Å². The Hall–Kier alpha value is -2.44. The summed E-state index contributed by atoms with van der Waals surface area (Å²) in [6, 6.07) is 8.09. The van der Waals surface area contributed by atoms with E-state index in [-0.39, 0.29) is 5.91 Å². The fourth-order valence-corrected chi connectivity index (χ4v) is 3.09. The third-order valence-electron chi connectivity index (χ3n) is 4.63. The number of amides is 1. The predicted octanol–water partition coefficient (Wildman–Crippen LogP) is 2.00. The summed E-state index contributed by atoms with van der Waals surface area (Å²) in [5.74, 6) is 2.17. The first-order valence-corrected chi connectivity index (χ1v) is 8.82. The van der Waals surface area contributed by atoms with Crippen LogP contribution < -0.4 is 4.74 Å². The summed E-state index contributed by atoms with van der Waals surface area (Å²) in [4.78, 5) is 14.4. The number of likely N-dealkylation sites (tertiary alicyclic amines) is 1. The number of hydrogen-bond acceptors (Lipinski definition) is 5. The Morgan fingerprint density at radius 2 is 2.08 bits per heavy atom. The lowest BCUT2D eigenvalue weighted by Crippen LogP contribution is -2.41. The molecule has 3 rings (SSSR count). The molecular formula is C18H25N5O2. The molecule has 1 amide bonds. The minimum atomic E-state index is 0.162. The van der Waals surface area contributed by atoms with Gasteiger partial charge in [0.05, 0.1) is 13.2 Å². The second-order valence-electron chi connectivity index (χ2n) is 6.67. The Bertz CT molecular complexity index is 698. The molecule has 2 aromatic rings. The van der Waals surface area contributed by atoms with Crippen LogP contribution in [0.25, 0.3) is 0 Å². The average Bonchev–Trinajstić information content (AvgIpc) is 3.04. The molecule has 1 atom stereocenters. The van der Waals surface area contributed by atoms with Gasteiger partial charge in [-0.3, -0.25) is 4.79 Å². The topological polar surface area (TPSA) is 73.1 Å². The van der Waals surface area contributed by atoms with Crippen LogP contribution in [0.15, 0.2) is 24.3 Å². The van der Waals surface area contributed by atoms with Gasteiger partial charge in [0.2, 0.25) is 5.91 Å². The van der Waals surface area contributed by atoms with Crippen molar-refractivity contribution in [1.29, 1.82) is 0 Å². The van der Waals surface area contributed by atoms with Crippen molar-refractivity contribution >= 4 is 5.91 Å². The maximum atomic E-state index is 12.5. The fourth-order valence-electron chi connectivity index (χ4n) is 3.09. The molecule has 0 radical (unpaired) electrons. The number of aryl methyl sites for hydroxylation is 3. The van der Waals surface area contributed by atoms with Gasteiger partial charge in [-0.05, 0) is 49.2 Å². The molecule has 0 bridgehead atoms. The van der Waals surface area contributed by atoms with E-state index in [0.29, 0.717) is 25.5 Å². The van der Waals surface area contributed by atoms with Crippen molar-refractivity contribution in [1.82, 2.24) is 25.1 Å². The monoisotopic (exact) mass is 343 g/mol. The number of rotatable bonds is 6. The molecule has 1 aromatic carbocycles. The Balaban J connectivity index is 1.46. The van der Waals surface area contributed by atoms with Crippen molar-refractivity contribution in [2.75, 3.05) is 19.7 Å². The normalized spacial score (nSPS) is 17.5. The first-order chi connectivity index (χ1) is 12.1. The highest BCUT2D eigenvalue weighted by molar-refractivity contribution is 5.76. The SMILES string of the molecule is Cc1ccc(OC[C@@H]2CCCN(C(=O)CCn3nnnc3C)C2)cc1. The van der Waals surface area contributed by atoms with E-state index in [1.54, 1.807) is 4.68 Å². The fraction of sp³-hybridized carbons (Fsp3) is 0.556. The third kappa shape index (κ3) is 4.78. The second kappa shape index (κ2) is 8.09. The molecular weight excluding hydrogens is 318 g/mol. The van der Waals surface area contributed by atoms with Crippen LogP contribution >= 0.6 is 0 Å². The van der Waals surface area contributed by atoms with E-state index >= 15 is 0 Å². The molecule has 0 saturated carbocycles. The standard InChI is InChI=1S/C18H25N5O2/c1-14-5-7-17(8-6-14)25-13-16-4-3-10-22(12-16)18(24)9-11-23-15(2)19-20-21-23/h5-8,16H,3-4,9-13H2,1-2H3/t16-/m1/s1. The van der Waals surface area contributed by atoms with Gasteiger partial charge in [-0.25, -0.2) is 4.68 Å². The summed E-state index contributed by atoms with van der Waals surface area (Å²) < 4.78 is 7.56. The van der Waals surface area contributed by atoms with Crippen LogP contribution in [0, 0.1) is 19.8 Å². The van der Waals surface area contributed by atoms with E-state index in [0.717, 1.165) is 37.5 Å². The minimum absolute atomic E-state index is 0.162. The van der Waals surface area contributed by atoms with Crippen molar-refractivity contribution in [2.45, 2.75) is 39.7 Å². The van der Waals surface area contributed by atoms with Crippen molar-refractivity contribution in [2.24, 2.45) is 5.92 Å². The maximum absolute atomic E-state index is 12.5. The number of nitrogens with zero attached hydrogens (tertiary/aromatic N) is 5. The molecule has 1 saturated heterocycles. The van der Waals surface area contributed by atoms with Gasteiger partial charge in [0.1, 0.15) is 11.6 Å². The zero-order valence-corrected chi connectivity index (χ0v) is 14.9. The van der Waals surface area contributed by atoms with E-state index in [9.17, 15) is 4.79 Å². The molecule has 2 heterocycles. The Morgan fingerprint density at radius 1 is 1.28 bits per heavy atom. The predicted molar refractivity (Wildman–Crippen MR) is 93.1 cm³/mol. The molecule has 0 aliphatic carbocycles. The van der Waals surface area contributed by atoms with Gasteiger partial charge in [0.15, 0.2) is 0 Å². The number of tetrazole rings is 1. The van der Waals surface area contributed by atoms with Crippen molar-refractivity contribution < 1.29 is 9.53 Å². The maximum Gasteiger partial charge on any atom is 0.224 e. The summed E-state index contributed by atoms with van der Waals surface area (Å²) in [5, 5.41) is 11.3. The molecule has 0 spiro atoms. The summed E-state index contributed by atoms with van der Waals surface area (Å²) in [6.07, 6.45) is 2.55. The molecule has 0 unspecified atom stereocenters. The van der Waals surface area contributed by atoms with E-state index < -0.39 is 0 Å². The highest BCUT2D eigenvalue weighted by Crippen LogP contribution is 2.20. The largest absolute Gasteiger partial charge is 0.493 e. The zero-order chi connectivity index (χ0) is 17.6. The lowest BCUT2D eigenvalue weighted by molar-refractivity contribution is -0.133. The number of hydrogen-bond donors (Lipinski definition) is 0. The van der Waals surface area contributed by atoms with Crippen LogP contribution in [-0.4, -0.2) is 50.7 Å². The molecule has 1 fully saturated rings. The molecule has 134 valence electrons. The number of carbonyl (C=O) groups is 1. The van der Waals surface area contributed by atoms with Gasteiger partial charge in [0.25, 0.3) is 0 Å². The molecule has 1 aliphatic heterocycles. The van der Waals surface area contributed by atoms with Gasteiger partial charge in [-0.15, -0.1) is 5.10 Å². The Labute approximate surface area is 148 Å². The number of piperidine rings is 1. The van der Waals surface area contributed by atoms with E-state index in [1.165, 1.54) is 5.56 Å². The molecule has 7 nitrogen and oxygen atoms in total. The number of carbonyl (C=O) groups excluding carboxylic acids is 1. The van der Waals surface area contributed by atoms with Gasteiger partial charge < -0.3 is 9.64 Å². The molecule has 1 aromatic heterocycles. The molecule has 0 N–H and O–H groups in total. The Kier molecular flexibility index (Phi) is 5.63. The van der Waals surface area contributed by atoms with Crippen LogP contribution in [0.5, 0.6) is 5.75 Å². The van der Waals surface area contributed by atoms with Gasteiger partial charge in [-0.1, -0.05) is 17.7 Å². The number of aromatic nitrogens is 4. The highest BCUT2D eigenvalue weighted by atomic mass is 16.5. The van der Waals surface area contributed by atoms with Crippen LogP contribution in [0.1, 0.15) is 30.7 Å². The second-order valence-corrected chi connectivity index (χ2v) is 6.67. The van der Waals surface area contributed by atoms with E-state index in [4.69, 9.17) is 4.74 Å². The number of ether oxygens (including phenoxy) is 1. The van der Waals surface area contributed by atoms with Crippen LogP contribution in [0.2, 0.25) is 0 Å². The van der Waals surface area contributed by atoms with E-state index in [2.05, 4.69) is 22.4 Å². The first-order valence-electron chi connectivity index (χ1n) is 8.82. The first kappa shape index (κ1) is 17.4. The van der Waals surface area contributed by atoms with Crippen LogP contribution in [-0.2, 0) is 11.3 Å². The number of benzene rings is 1. The van der Waals surface area contributed by atoms with Crippen molar-refractivity contribution in [3.05, 3.63) is 35.7 Å². The Morgan fingerprint density at radius 3 is 2.80 bits per heavy atom. The lowest BCUT2D eigenvalue weighted by Gasteiger charge is -2.32. The van der Waals surface area contributed by atoms with Gasteiger partial charge in [0, 0.05) is 25.4 Å². The lowest BCUT2D eigenvalue weighted by atomic mass is 9.98. The molecule has 7 heteroatoms. The smallest absolute Gasteiger partial charge is 0.224 e. The van der Waals surface area contributed by atoms with Gasteiger partial charge >= 0.3 is 0 Å². The summed E-state index contributed by atoms with van der Waals surface area (Å²) >= 11 is 0. The summed E-state index contributed by atoms with van der Waals surface area (Å²) in [5.41, 5.74) is 1.22. The van der Waals surface area contributed by atoms with Gasteiger partial charge in [-0.2, -0.15) is 0 Å². The summed E-state index contributed by atoms with van der Waals surface area (Å²) in [6.45, 7) is 6.67. The van der Waals surface area contributed by atoms with Crippen LogP contribution in [0.3, 0.4) is 0 Å². The molecule has 25 heavy (non-hydrogen) atoms. The molecule has 1 aliphatic rings. The van der Waals surface area contributed by atoms with Crippen molar-refractivity contribution in [3.63, 3.8) is 0 Å². The zero-order valence-electron chi connectivity index (χ0n) is 14.9. The summed E-state index contributed by atoms with van der Waals surface area (Å²) in [7, 11) is 0. The van der Waals surface area contributed by atoms with E-state index in [1.807, 2.05) is 36.1 Å². The average molecular weight is 343 g/mol. The highest BCUT2D eigenvalue weighted by Gasteiger charge is 2.24. The quantitative estimate of drug-likeness (QED) is 0.802. The van der Waals surface area contributed by atoms with Crippen LogP contribution in [0.4, 0.5) is 0 Å². The third-order valence-corrected chi connectivity index (χ3v) is 4.63. The minimum Gasteiger partial charge on any atom is -0.493 e.